The highest BCUT2D eigenvalue weighted by atomic mass is 32.2. The van der Waals surface area contributed by atoms with Crippen LogP contribution in [0.2, 0.25) is 0 Å². The number of nitro benzene ring substituents is 1. The monoisotopic (exact) mass is 456 g/mol. The molecule has 158 valence electrons. The molecule has 0 aliphatic rings. The minimum absolute atomic E-state index is 0.0126. The number of amides is 1. The zero-order valence-corrected chi connectivity index (χ0v) is 17.4. The van der Waals surface area contributed by atoms with Crippen molar-refractivity contribution < 1.29 is 18.1 Å². The number of rotatable bonds is 6. The maximum absolute atomic E-state index is 12.4. The molecule has 3 rings (SSSR count). The van der Waals surface area contributed by atoms with Crippen molar-refractivity contribution in [3.8, 4) is 0 Å². The molecule has 0 unspecified atom stereocenters. The predicted octanol–water partition coefficient (Wildman–Crippen LogP) is 3.52. The number of benzene rings is 3. The van der Waals surface area contributed by atoms with E-state index < -0.39 is 20.9 Å². The molecule has 0 heterocycles. The lowest BCUT2D eigenvalue weighted by Crippen LogP contribution is -2.34. The molecule has 0 spiro atoms. The molecule has 3 aromatic carbocycles. The molecule has 0 aromatic heterocycles. The molecule has 3 N–H and O–H groups in total. The lowest BCUT2D eigenvalue weighted by Gasteiger charge is -2.11. The van der Waals surface area contributed by atoms with Crippen molar-refractivity contribution >= 4 is 50.3 Å². The Morgan fingerprint density at radius 3 is 2.06 bits per heavy atom. The number of hydrogen-bond acceptors (Lipinski definition) is 6. The summed E-state index contributed by atoms with van der Waals surface area (Å²) in [6, 6.07) is 19.4. The van der Waals surface area contributed by atoms with Gasteiger partial charge in [0.15, 0.2) is 5.11 Å². The van der Waals surface area contributed by atoms with E-state index in [9.17, 15) is 23.3 Å². The van der Waals surface area contributed by atoms with Crippen LogP contribution in [0, 0.1) is 10.1 Å². The Bertz CT molecular complexity index is 1210. The first kappa shape index (κ1) is 21.9. The second kappa shape index (κ2) is 9.32. The number of para-hydroxylation sites is 1. The first-order valence-corrected chi connectivity index (χ1v) is 10.7. The summed E-state index contributed by atoms with van der Waals surface area (Å²) in [6.45, 7) is 0. The van der Waals surface area contributed by atoms with E-state index in [1.165, 1.54) is 48.5 Å². The maximum Gasteiger partial charge on any atom is 0.269 e. The fourth-order valence-electron chi connectivity index (χ4n) is 2.51. The van der Waals surface area contributed by atoms with Gasteiger partial charge in [-0.3, -0.25) is 24.9 Å². The molecule has 0 atom stereocenters. The molecule has 0 aliphatic heterocycles. The van der Waals surface area contributed by atoms with Gasteiger partial charge >= 0.3 is 0 Å². The summed E-state index contributed by atoms with van der Waals surface area (Å²) in [5.41, 5.74) is 0.977. The molecule has 0 radical (unpaired) electrons. The van der Waals surface area contributed by atoms with E-state index in [4.69, 9.17) is 12.2 Å². The number of nitro groups is 1. The van der Waals surface area contributed by atoms with Crippen LogP contribution in [-0.2, 0) is 10.0 Å². The van der Waals surface area contributed by atoms with E-state index in [-0.39, 0.29) is 21.3 Å². The van der Waals surface area contributed by atoms with Gasteiger partial charge in [0, 0.05) is 29.1 Å². The van der Waals surface area contributed by atoms with Gasteiger partial charge in [-0.2, -0.15) is 0 Å². The molecule has 0 aliphatic carbocycles. The van der Waals surface area contributed by atoms with Gasteiger partial charge in [-0.1, -0.05) is 18.2 Å². The van der Waals surface area contributed by atoms with Crippen LogP contribution in [0.15, 0.2) is 83.8 Å². The van der Waals surface area contributed by atoms with Crippen LogP contribution in [0.1, 0.15) is 10.4 Å². The minimum atomic E-state index is -3.75. The van der Waals surface area contributed by atoms with Crippen molar-refractivity contribution in [3.05, 3.63) is 94.5 Å². The van der Waals surface area contributed by atoms with E-state index >= 15 is 0 Å². The first-order valence-electron chi connectivity index (χ1n) is 8.79. The number of carbonyl (C=O) groups excluding carboxylic acids is 1. The molecule has 31 heavy (non-hydrogen) atoms. The molecule has 3 aromatic rings. The number of nitrogens with zero attached hydrogens (tertiary/aromatic N) is 1. The highest BCUT2D eigenvalue weighted by Gasteiger charge is 2.15. The van der Waals surface area contributed by atoms with Crippen LogP contribution in [0.5, 0.6) is 0 Å². The van der Waals surface area contributed by atoms with Crippen molar-refractivity contribution in [3.63, 3.8) is 0 Å². The Hall–Kier alpha value is -3.83. The highest BCUT2D eigenvalue weighted by Crippen LogP contribution is 2.18. The predicted molar refractivity (Wildman–Crippen MR) is 120 cm³/mol. The largest absolute Gasteiger partial charge is 0.332 e. The topological polar surface area (TPSA) is 130 Å². The molecular weight excluding hydrogens is 440 g/mol. The molecule has 11 heteroatoms. The minimum Gasteiger partial charge on any atom is -0.332 e. The smallest absolute Gasteiger partial charge is 0.269 e. The average Bonchev–Trinajstić information content (AvgIpc) is 2.74. The average molecular weight is 457 g/mol. The van der Waals surface area contributed by atoms with Crippen molar-refractivity contribution in [1.82, 2.24) is 5.32 Å². The van der Waals surface area contributed by atoms with Crippen LogP contribution in [0.25, 0.3) is 0 Å². The summed E-state index contributed by atoms with van der Waals surface area (Å²) < 4.78 is 27.4. The number of anilines is 2. The Labute approximate surface area is 183 Å². The lowest BCUT2D eigenvalue weighted by atomic mass is 10.2. The molecule has 1 amide bonds. The van der Waals surface area contributed by atoms with E-state index in [0.717, 1.165) is 0 Å². The van der Waals surface area contributed by atoms with Gasteiger partial charge in [-0.25, -0.2) is 8.42 Å². The fraction of sp³-hybridized carbons (Fsp3) is 0. The fourth-order valence-corrected chi connectivity index (χ4v) is 3.78. The number of non-ortho nitro benzene ring substituents is 1. The Morgan fingerprint density at radius 1 is 0.871 bits per heavy atom. The normalized spacial score (nSPS) is 10.7. The van der Waals surface area contributed by atoms with E-state index in [1.807, 2.05) is 0 Å². The second-order valence-corrected chi connectivity index (χ2v) is 8.30. The van der Waals surface area contributed by atoms with E-state index in [2.05, 4.69) is 15.4 Å². The zero-order valence-electron chi connectivity index (χ0n) is 15.8. The molecule has 0 bridgehead atoms. The third-order valence-corrected chi connectivity index (χ3v) is 5.62. The van der Waals surface area contributed by atoms with Crippen LogP contribution in [-0.4, -0.2) is 24.4 Å². The standard InChI is InChI=1S/C20H16N4O5S2/c25-19(14-6-10-17(11-7-14)24(26)27)22-20(30)21-15-8-12-18(13-9-15)31(28,29)23-16-4-2-1-3-5-16/h1-13,23H,(H2,21,22,25,30). The van der Waals surface area contributed by atoms with Gasteiger partial charge in [0.2, 0.25) is 0 Å². The zero-order chi connectivity index (χ0) is 22.4. The lowest BCUT2D eigenvalue weighted by molar-refractivity contribution is -0.384. The summed E-state index contributed by atoms with van der Waals surface area (Å²) in [5, 5.41) is 15.9. The Morgan fingerprint density at radius 2 is 1.48 bits per heavy atom. The SMILES string of the molecule is O=C(NC(=S)Nc1ccc(S(=O)(=O)Nc2ccccc2)cc1)c1ccc([N+](=O)[O-])cc1. The van der Waals surface area contributed by atoms with Crippen molar-refractivity contribution in [2.45, 2.75) is 4.90 Å². The molecule has 0 saturated carbocycles. The molecular formula is C20H16N4O5S2. The van der Waals surface area contributed by atoms with Gasteiger partial charge in [0.1, 0.15) is 0 Å². The van der Waals surface area contributed by atoms with Crippen LogP contribution < -0.4 is 15.4 Å². The van der Waals surface area contributed by atoms with Gasteiger partial charge < -0.3 is 5.32 Å². The van der Waals surface area contributed by atoms with E-state index in [0.29, 0.717) is 11.4 Å². The molecule has 0 saturated heterocycles. The van der Waals surface area contributed by atoms with Crippen LogP contribution >= 0.6 is 12.2 Å². The van der Waals surface area contributed by atoms with Crippen LogP contribution in [0.4, 0.5) is 17.1 Å². The summed E-state index contributed by atoms with van der Waals surface area (Å²) >= 11 is 5.09. The first-order chi connectivity index (χ1) is 14.7. The molecule has 0 fully saturated rings. The van der Waals surface area contributed by atoms with Crippen molar-refractivity contribution in [2.75, 3.05) is 10.0 Å². The quantitative estimate of drug-likeness (QED) is 0.294. The van der Waals surface area contributed by atoms with Gasteiger partial charge in [-0.05, 0) is 60.7 Å². The highest BCUT2D eigenvalue weighted by molar-refractivity contribution is 7.92. The molecule has 9 nitrogen and oxygen atoms in total. The maximum atomic E-state index is 12.4. The Balaban J connectivity index is 1.60. The number of sulfonamides is 1. The van der Waals surface area contributed by atoms with Gasteiger partial charge in [-0.15, -0.1) is 0 Å². The number of thiocarbonyl (C=S) groups is 1. The van der Waals surface area contributed by atoms with Crippen molar-refractivity contribution in [1.29, 1.82) is 0 Å². The second-order valence-electron chi connectivity index (χ2n) is 6.21. The summed E-state index contributed by atoms with van der Waals surface area (Å²) in [5.74, 6) is -0.543. The third kappa shape index (κ3) is 5.84. The number of nitrogens with one attached hydrogen (secondary N) is 3. The summed E-state index contributed by atoms with van der Waals surface area (Å²) in [4.78, 5) is 22.4. The summed E-state index contributed by atoms with van der Waals surface area (Å²) in [7, 11) is -3.75. The van der Waals surface area contributed by atoms with Gasteiger partial charge in [0.25, 0.3) is 21.6 Å². The van der Waals surface area contributed by atoms with Gasteiger partial charge in [0.05, 0.1) is 9.82 Å². The number of hydrogen-bond donors (Lipinski definition) is 3. The Kier molecular flexibility index (Phi) is 6.58. The van der Waals surface area contributed by atoms with Crippen molar-refractivity contribution in [2.24, 2.45) is 0 Å². The van der Waals surface area contributed by atoms with E-state index in [1.54, 1.807) is 30.3 Å². The summed E-state index contributed by atoms with van der Waals surface area (Å²) in [6.07, 6.45) is 0. The van der Waals surface area contributed by atoms with Crippen LogP contribution in [0.3, 0.4) is 0 Å². The third-order valence-electron chi connectivity index (χ3n) is 4.02. The number of carbonyl (C=O) groups is 1.